The molecule has 1 aromatic heterocycles. The third-order valence-electron chi connectivity index (χ3n) is 3.00. The van der Waals surface area contributed by atoms with Crippen LogP contribution in [0.3, 0.4) is 0 Å². The van der Waals surface area contributed by atoms with Gasteiger partial charge in [0.15, 0.2) is 0 Å². The number of rotatable bonds is 3. The molecule has 0 spiro atoms. The number of benzene rings is 1. The molecule has 0 saturated carbocycles. The number of terminal acetylenes is 1. The second kappa shape index (κ2) is 5.45. The predicted molar refractivity (Wildman–Crippen MR) is 76.7 cm³/mol. The van der Waals surface area contributed by atoms with Crippen molar-refractivity contribution in [3.8, 4) is 23.6 Å². The van der Waals surface area contributed by atoms with Crippen molar-refractivity contribution in [2.45, 2.75) is 13.5 Å². The fourth-order valence-electron chi connectivity index (χ4n) is 1.97. The maximum absolute atomic E-state index is 12.1. The quantitative estimate of drug-likeness (QED) is 0.867. The lowest BCUT2D eigenvalue weighted by Crippen LogP contribution is -2.27. The Morgan fingerprint density at radius 2 is 1.90 bits per heavy atom. The van der Waals surface area contributed by atoms with Crippen LogP contribution in [0.2, 0.25) is 0 Å². The topological polar surface area (TPSA) is 59.3 Å². The van der Waals surface area contributed by atoms with Crippen LogP contribution in [-0.4, -0.2) is 15.6 Å². The Hall–Kier alpha value is -2.80. The van der Waals surface area contributed by atoms with E-state index in [1.54, 1.807) is 6.07 Å². The molecular formula is C16H13NO3. The Bertz CT molecular complexity index is 749. The summed E-state index contributed by atoms with van der Waals surface area (Å²) in [5.41, 5.74) is 1.66. The highest BCUT2D eigenvalue weighted by Gasteiger charge is 2.14. The lowest BCUT2D eigenvalue weighted by molar-refractivity contribution is 0.0694. The molecule has 1 N–H and O–H groups in total. The van der Waals surface area contributed by atoms with E-state index in [4.69, 9.17) is 11.5 Å². The van der Waals surface area contributed by atoms with Gasteiger partial charge >= 0.3 is 5.97 Å². The Morgan fingerprint density at radius 1 is 1.25 bits per heavy atom. The summed E-state index contributed by atoms with van der Waals surface area (Å²) in [6.45, 7) is 2.00. The SMILES string of the molecule is C#CCn1c(-c2ccc(C)cc2)ccc(C(=O)O)c1=O. The second-order valence-electron chi connectivity index (χ2n) is 4.40. The van der Waals surface area contributed by atoms with Gasteiger partial charge in [0.1, 0.15) is 5.56 Å². The molecule has 1 aromatic carbocycles. The molecule has 0 saturated heterocycles. The van der Waals surface area contributed by atoms with Gasteiger partial charge in [-0.25, -0.2) is 4.79 Å². The lowest BCUT2D eigenvalue weighted by Gasteiger charge is -2.11. The van der Waals surface area contributed by atoms with E-state index in [1.165, 1.54) is 10.6 Å². The summed E-state index contributed by atoms with van der Waals surface area (Å²) >= 11 is 0. The maximum Gasteiger partial charge on any atom is 0.341 e. The highest BCUT2D eigenvalue weighted by atomic mass is 16.4. The number of carboxylic acids is 1. The maximum atomic E-state index is 12.1. The Balaban J connectivity index is 2.68. The number of hydrogen-bond acceptors (Lipinski definition) is 2. The van der Waals surface area contributed by atoms with Crippen LogP contribution in [0.5, 0.6) is 0 Å². The summed E-state index contributed by atoms with van der Waals surface area (Å²) in [6, 6.07) is 10.5. The van der Waals surface area contributed by atoms with E-state index in [0.29, 0.717) is 5.69 Å². The predicted octanol–water partition coefficient (Wildman–Crippen LogP) is 2.16. The standard InChI is InChI=1S/C16H13NO3/c1-3-10-17-14(12-6-4-11(2)5-7-12)9-8-13(15(17)18)16(19)20/h1,4-9H,10H2,2H3,(H,19,20). The average molecular weight is 267 g/mol. The molecule has 0 amide bonds. The summed E-state index contributed by atoms with van der Waals surface area (Å²) < 4.78 is 1.30. The highest BCUT2D eigenvalue weighted by molar-refractivity contribution is 5.87. The van der Waals surface area contributed by atoms with Gasteiger partial charge < -0.3 is 5.11 Å². The van der Waals surface area contributed by atoms with Crippen LogP contribution in [0.1, 0.15) is 15.9 Å². The number of pyridine rings is 1. The fraction of sp³-hybridized carbons (Fsp3) is 0.125. The third-order valence-corrected chi connectivity index (χ3v) is 3.00. The van der Waals surface area contributed by atoms with Crippen molar-refractivity contribution in [2.75, 3.05) is 0 Å². The number of carbonyl (C=O) groups is 1. The van der Waals surface area contributed by atoms with Crippen molar-refractivity contribution in [2.24, 2.45) is 0 Å². The molecule has 0 bridgehead atoms. The Morgan fingerprint density at radius 3 is 2.45 bits per heavy atom. The first-order valence-corrected chi connectivity index (χ1v) is 6.02. The Kier molecular flexibility index (Phi) is 3.72. The molecular weight excluding hydrogens is 254 g/mol. The molecule has 2 rings (SSSR count). The van der Waals surface area contributed by atoms with Gasteiger partial charge in [0.25, 0.3) is 5.56 Å². The minimum Gasteiger partial charge on any atom is -0.477 e. The summed E-state index contributed by atoms with van der Waals surface area (Å²) in [5, 5.41) is 8.99. The van der Waals surface area contributed by atoms with Gasteiger partial charge in [0.05, 0.1) is 12.2 Å². The molecule has 20 heavy (non-hydrogen) atoms. The van der Waals surface area contributed by atoms with Crippen LogP contribution in [0.15, 0.2) is 41.2 Å². The summed E-state index contributed by atoms with van der Waals surface area (Å²) in [5.74, 6) is 1.13. The largest absolute Gasteiger partial charge is 0.477 e. The molecule has 0 atom stereocenters. The molecule has 1 heterocycles. The van der Waals surface area contributed by atoms with E-state index in [-0.39, 0.29) is 12.1 Å². The van der Waals surface area contributed by atoms with Crippen LogP contribution in [0.4, 0.5) is 0 Å². The van der Waals surface area contributed by atoms with Crippen LogP contribution in [-0.2, 0) is 6.54 Å². The molecule has 0 fully saturated rings. The van der Waals surface area contributed by atoms with Gasteiger partial charge in [-0.05, 0) is 24.6 Å². The van der Waals surface area contributed by atoms with Crippen molar-refractivity contribution < 1.29 is 9.90 Å². The number of aromatic carboxylic acids is 1. The fourth-order valence-corrected chi connectivity index (χ4v) is 1.97. The van der Waals surface area contributed by atoms with Crippen LogP contribution in [0.25, 0.3) is 11.3 Å². The zero-order valence-electron chi connectivity index (χ0n) is 11.0. The van der Waals surface area contributed by atoms with E-state index in [0.717, 1.165) is 11.1 Å². The number of carboxylic acid groups (broad SMARTS) is 1. The summed E-state index contributed by atoms with van der Waals surface area (Å²) in [7, 11) is 0. The average Bonchev–Trinajstić information content (AvgIpc) is 2.42. The van der Waals surface area contributed by atoms with Crippen LogP contribution < -0.4 is 5.56 Å². The number of nitrogens with zero attached hydrogens (tertiary/aromatic N) is 1. The van der Waals surface area contributed by atoms with Crippen molar-refractivity contribution >= 4 is 5.97 Å². The molecule has 100 valence electrons. The van der Waals surface area contributed by atoms with Gasteiger partial charge in [0.2, 0.25) is 0 Å². The number of aromatic nitrogens is 1. The van der Waals surface area contributed by atoms with Crippen molar-refractivity contribution in [1.82, 2.24) is 4.57 Å². The molecule has 2 aromatic rings. The number of hydrogen-bond donors (Lipinski definition) is 1. The Labute approximate surface area is 116 Å². The molecule has 0 unspecified atom stereocenters. The zero-order chi connectivity index (χ0) is 14.7. The van der Waals surface area contributed by atoms with E-state index < -0.39 is 11.5 Å². The first-order chi connectivity index (χ1) is 9.54. The van der Waals surface area contributed by atoms with Crippen molar-refractivity contribution in [3.63, 3.8) is 0 Å². The summed E-state index contributed by atoms with van der Waals surface area (Å²) in [6.07, 6.45) is 5.27. The molecule has 0 aliphatic rings. The number of aryl methyl sites for hydroxylation is 1. The van der Waals surface area contributed by atoms with E-state index in [1.807, 2.05) is 31.2 Å². The van der Waals surface area contributed by atoms with E-state index in [2.05, 4.69) is 5.92 Å². The summed E-state index contributed by atoms with van der Waals surface area (Å²) in [4.78, 5) is 23.2. The highest BCUT2D eigenvalue weighted by Crippen LogP contribution is 2.19. The van der Waals surface area contributed by atoms with Gasteiger partial charge in [0, 0.05) is 0 Å². The van der Waals surface area contributed by atoms with Gasteiger partial charge in [-0.1, -0.05) is 35.7 Å². The van der Waals surface area contributed by atoms with Crippen molar-refractivity contribution in [1.29, 1.82) is 0 Å². The van der Waals surface area contributed by atoms with Gasteiger partial charge in [-0.15, -0.1) is 6.42 Å². The smallest absolute Gasteiger partial charge is 0.341 e. The molecule has 4 heteroatoms. The molecule has 0 aliphatic carbocycles. The lowest BCUT2D eigenvalue weighted by atomic mass is 10.1. The first kappa shape index (κ1) is 13.6. The van der Waals surface area contributed by atoms with E-state index in [9.17, 15) is 9.59 Å². The second-order valence-corrected chi connectivity index (χ2v) is 4.40. The molecule has 4 nitrogen and oxygen atoms in total. The van der Waals surface area contributed by atoms with Crippen LogP contribution in [0, 0.1) is 19.3 Å². The molecule has 0 aliphatic heterocycles. The van der Waals surface area contributed by atoms with Gasteiger partial charge in [-0.3, -0.25) is 9.36 Å². The minimum absolute atomic E-state index is 0.0309. The van der Waals surface area contributed by atoms with Gasteiger partial charge in [-0.2, -0.15) is 0 Å². The van der Waals surface area contributed by atoms with Crippen molar-refractivity contribution in [3.05, 3.63) is 57.9 Å². The zero-order valence-corrected chi connectivity index (χ0v) is 11.0. The first-order valence-electron chi connectivity index (χ1n) is 6.02. The monoisotopic (exact) mass is 267 g/mol. The van der Waals surface area contributed by atoms with Crippen LogP contribution >= 0.6 is 0 Å². The third kappa shape index (κ3) is 2.47. The molecule has 0 radical (unpaired) electrons. The normalized spacial score (nSPS) is 10.0. The van der Waals surface area contributed by atoms with E-state index >= 15 is 0 Å². The minimum atomic E-state index is -1.25.